The molecule has 0 radical (unpaired) electrons. The number of anilines is 1. The number of hydrogen-bond acceptors (Lipinski definition) is 5. The number of nitrogens with zero attached hydrogens (tertiary/aromatic N) is 2. The lowest BCUT2D eigenvalue weighted by atomic mass is 10.0. The fourth-order valence-electron chi connectivity index (χ4n) is 2.14. The Hall–Kier alpha value is -3.15. The van der Waals surface area contributed by atoms with Gasteiger partial charge in [0.15, 0.2) is 11.5 Å². The average Bonchev–Trinajstić information content (AvgIpc) is 3.08. The lowest BCUT2D eigenvalue weighted by Crippen LogP contribution is -2.30. The molecule has 1 unspecified atom stereocenters. The van der Waals surface area contributed by atoms with Crippen LogP contribution in [0.3, 0.4) is 0 Å². The van der Waals surface area contributed by atoms with Crippen molar-refractivity contribution in [1.29, 1.82) is 0 Å². The highest BCUT2D eigenvalue weighted by molar-refractivity contribution is 5.96. The van der Waals surface area contributed by atoms with E-state index in [1.165, 1.54) is 12.4 Å². The molecule has 3 N–H and O–H groups in total. The number of amides is 1. The fraction of sp³-hybridized carbons (Fsp3) is 0.0625. The monoisotopic (exact) mass is 294 g/mol. The van der Waals surface area contributed by atoms with E-state index in [1.54, 1.807) is 18.4 Å². The minimum Gasteiger partial charge on any atom is -0.467 e. The summed E-state index contributed by atoms with van der Waals surface area (Å²) in [6.07, 6.45) is 4.43. The van der Waals surface area contributed by atoms with Crippen molar-refractivity contribution >= 4 is 11.7 Å². The van der Waals surface area contributed by atoms with Crippen LogP contribution in [0.5, 0.6) is 0 Å². The van der Waals surface area contributed by atoms with E-state index in [-0.39, 0.29) is 11.5 Å². The van der Waals surface area contributed by atoms with Crippen LogP contribution < -0.4 is 11.1 Å². The first-order valence-corrected chi connectivity index (χ1v) is 6.71. The number of hydrogen-bond donors (Lipinski definition) is 2. The SMILES string of the molecule is Nc1nccnc1C(=O)NC(c1ccccc1)c1ccco1. The van der Waals surface area contributed by atoms with Gasteiger partial charge in [0.2, 0.25) is 0 Å². The fourth-order valence-corrected chi connectivity index (χ4v) is 2.14. The van der Waals surface area contributed by atoms with E-state index in [1.807, 2.05) is 30.3 Å². The molecule has 0 aliphatic carbocycles. The highest BCUT2D eigenvalue weighted by atomic mass is 16.3. The van der Waals surface area contributed by atoms with E-state index in [9.17, 15) is 4.79 Å². The Morgan fingerprint density at radius 3 is 2.55 bits per heavy atom. The van der Waals surface area contributed by atoms with E-state index in [0.717, 1.165) is 5.56 Å². The molecule has 0 spiro atoms. The van der Waals surface area contributed by atoms with Crippen molar-refractivity contribution in [1.82, 2.24) is 15.3 Å². The molecule has 1 aromatic carbocycles. The topological polar surface area (TPSA) is 94.0 Å². The van der Waals surface area contributed by atoms with E-state index >= 15 is 0 Å². The van der Waals surface area contributed by atoms with Crippen LogP contribution >= 0.6 is 0 Å². The molecule has 110 valence electrons. The largest absolute Gasteiger partial charge is 0.467 e. The second-order valence-corrected chi connectivity index (χ2v) is 4.62. The van der Waals surface area contributed by atoms with Crippen LogP contribution in [0.1, 0.15) is 27.9 Å². The molecule has 0 aliphatic rings. The van der Waals surface area contributed by atoms with Gasteiger partial charge in [-0.05, 0) is 17.7 Å². The van der Waals surface area contributed by atoms with Crippen LogP contribution in [0.2, 0.25) is 0 Å². The molecule has 1 amide bonds. The minimum atomic E-state index is -0.426. The third-order valence-electron chi connectivity index (χ3n) is 3.18. The first-order valence-electron chi connectivity index (χ1n) is 6.71. The molecule has 6 nitrogen and oxygen atoms in total. The van der Waals surface area contributed by atoms with Crippen LogP contribution in [0.25, 0.3) is 0 Å². The molecular formula is C16H14N4O2. The smallest absolute Gasteiger partial charge is 0.274 e. The number of nitrogens with two attached hydrogens (primary N) is 1. The van der Waals surface area contributed by atoms with Crippen molar-refractivity contribution in [3.63, 3.8) is 0 Å². The summed E-state index contributed by atoms with van der Waals surface area (Å²) in [5.41, 5.74) is 6.69. The lowest BCUT2D eigenvalue weighted by Gasteiger charge is -2.17. The summed E-state index contributed by atoms with van der Waals surface area (Å²) in [4.78, 5) is 20.3. The third-order valence-corrected chi connectivity index (χ3v) is 3.18. The van der Waals surface area contributed by atoms with Crippen LogP contribution in [-0.2, 0) is 0 Å². The minimum absolute atomic E-state index is 0.0891. The maximum atomic E-state index is 12.4. The van der Waals surface area contributed by atoms with Gasteiger partial charge < -0.3 is 15.5 Å². The van der Waals surface area contributed by atoms with Gasteiger partial charge in [-0.25, -0.2) is 9.97 Å². The summed E-state index contributed by atoms with van der Waals surface area (Å²) in [6.45, 7) is 0. The molecule has 0 aliphatic heterocycles. The number of carbonyl (C=O) groups is 1. The molecule has 0 saturated carbocycles. The summed E-state index contributed by atoms with van der Waals surface area (Å²) in [5, 5.41) is 2.88. The molecule has 0 bridgehead atoms. The van der Waals surface area contributed by atoms with Gasteiger partial charge in [-0.3, -0.25) is 4.79 Å². The van der Waals surface area contributed by atoms with E-state index in [2.05, 4.69) is 15.3 Å². The summed E-state index contributed by atoms with van der Waals surface area (Å²) in [5.74, 6) is 0.309. The van der Waals surface area contributed by atoms with Gasteiger partial charge in [-0.15, -0.1) is 0 Å². The van der Waals surface area contributed by atoms with E-state index < -0.39 is 11.9 Å². The molecule has 0 fully saturated rings. The first-order chi connectivity index (χ1) is 10.8. The average molecular weight is 294 g/mol. The van der Waals surface area contributed by atoms with Crippen molar-refractivity contribution in [2.24, 2.45) is 0 Å². The Kier molecular flexibility index (Phi) is 3.82. The Labute approximate surface area is 127 Å². The zero-order chi connectivity index (χ0) is 15.4. The van der Waals surface area contributed by atoms with Crippen molar-refractivity contribution < 1.29 is 9.21 Å². The summed E-state index contributed by atoms with van der Waals surface area (Å²) < 4.78 is 5.44. The number of rotatable bonds is 4. The highest BCUT2D eigenvalue weighted by Crippen LogP contribution is 2.23. The van der Waals surface area contributed by atoms with Gasteiger partial charge in [-0.2, -0.15) is 0 Å². The zero-order valence-electron chi connectivity index (χ0n) is 11.6. The predicted molar refractivity (Wildman–Crippen MR) is 80.9 cm³/mol. The first kappa shape index (κ1) is 13.8. The van der Waals surface area contributed by atoms with Gasteiger partial charge in [-0.1, -0.05) is 30.3 Å². The van der Waals surface area contributed by atoms with Crippen molar-refractivity contribution in [3.8, 4) is 0 Å². The molecule has 2 heterocycles. The number of nitrogens with one attached hydrogen (secondary N) is 1. The maximum Gasteiger partial charge on any atom is 0.274 e. The zero-order valence-corrected chi connectivity index (χ0v) is 11.6. The van der Waals surface area contributed by atoms with Crippen LogP contribution in [0.15, 0.2) is 65.5 Å². The van der Waals surface area contributed by atoms with Crippen molar-refractivity contribution in [3.05, 3.63) is 78.1 Å². The van der Waals surface area contributed by atoms with Crippen LogP contribution in [0.4, 0.5) is 5.82 Å². The highest BCUT2D eigenvalue weighted by Gasteiger charge is 2.22. The predicted octanol–water partition coefficient (Wildman–Crippen LogP) is 2.17. The number of carbonyl (C=O) groups excluding carboxylic acids is 1. The molecule has 22 heavy (non-hydrogen) atoms. The maximum absolute atomic E-state index is 12.4. The molecule has 0 saturated heterocycles. The van der Waals surface area contributed by atoms with E-state index in [4.69, 9.17) is 10.2 Å². The summed E-state index contributed by atoms with van der Waals surface area (Å²) in [6, 6.07) is 12.7. The van der Waals surface area contributed by atoms with Crippen molar-refractivity contribution in [2.75, 3.05) is 5.73 Å². The van der Waals surface area contributed by atoms with Crippen LogP contribution in [0, 0.1) is 0 Å². The van der Waals surface area contributed by atoms with Crippen LogP contribution in [-0.4, -0.2) is 15.9 Å². The van der Waals surface area contributed by atoms with Gasteiger partial charge in [0, 0.05) is 12.4 Å². The van der Waals surface area contributed by atoms with Gasteiger partial charge in [0.1, 0.15) is 11.8 Å². The molecule has 3 aromatic rings. The second kappa shape index (κ2) is 6.09. The number of furan rings is 1. The molecule has 3 rings (SSSR count). The van der Waals surface area contributed by atoms with Crippen molar-refractivity contribution in [2.45, 2.75) is 6.04 Å². The lowest BCUT2D eigenvalue weighted by molar-refractivity contribution is 0.0934. The standard InChI is InChI=1S/C16H14N4O2/c17-15-14(18-8-9-19-15)16(21)20-13(12-7-4-10-22-12)11-5-2-1-3-6-11/h1-10,13H,(H2,17,19)(H,20,21). The third kappa shape index (κ3) is 2.80. The number of benzene rings is 1. The molecule has 1 atom stereocenters. The van der Waals surface area contributed by atoms with Gasteiger partial charge in [0.25, 0.3) is 5.91 Å². The molecular weight excluding hydrogens is 280 g/mol. The van der Waals surface area contributed by atoms with E-state index in [0.29, 0.717) is 5.76 Å². The quantitative estimate of drug-likeness (QED) is 0.769. The Balaban J connectivity index is 1.91. The normalized spacial score (nSPS) is 11.8. The second-order valence-electron chi connectivity index (χ2n) is 4.62. The number of aromatic nitrogens is 2. The summed E-state index contributed by atoms with van der Waals surface area (Å²) in [7, 11) is 0. The van der Waals surface area contributed by atoms with Gasteiger partial charge in [0.05, 0.1) is 6.26 Å². The summed E-state index contributed by atoms with van der Waals surface area (Å²) >= 11 is 0. The molecule has 6 heteroatoms. The Morgan fingerprint density at radius 1 is 1.09 bits per heavy atom. The Morgan fingerprint density at radius 2 is 1.86 bits per heavy atom. The Bertz CT molecular complexity index is 757. The number of nitrogen functional groups attached to an aromatic ring is 1. The molecule has 2 aromatic heterocycles. The van der Waals surface area contributed by atoms with Gasteiger partial charge >= 0.3 is 0 Å².